The minimum atomic E-state index is -1.21. The minimum Gasteiger partial charge on any atom is -0.480 e. The van der Waals surface area contributed by atoms with E-state index >= 15 is 0 Å². The Morgan fingerprint density at radius 1 is 1.24 bits per heavy atom. The molecule has 3 amide bonds. The number of benzene rings is 1. The van der Waals surface area contributed by atoms with E-state index in [1.54, 1.807) is 6.07 Å². The first-order valence-corrected chi connectivity index (χ1v) is 5.65. The van der Waals surface area contributed by atoms with Gasteiger partial charge in [-0.05, 0) is 18.2 Å². The molecule has 0 bridgehead atoms. The van der Waals surface area contributed by atoms with Gasteiger partial charge in [0.05, 0.1) is 17.8 Å². The van der Waals surface area contributed by atoms with Crippen molar-refractivity contribution in [2.75, 3.05) is 18.4 Å². The number of carboxylic acid groups (broad SMARTS) is 1. The second-order valence-corrected chi connectivity index (χ2v) is 3.78. The van der Waals surface area contributed by atoms with E-state index in [1.165, 1.54) is 6.07 Å². The maximum absolute atomic E-state index is 12.9. The highest BCUT2D eigenvalue weighted by Crippen LogP contribution is 2.15. The van der Waals surface area contributed by atoms with Gasteiger partial charge in [-0.25, -0.2) is 9.18 Å². The molecule has 0 fully saturated rings. The van der Waals surface area contributed by atoms with Crippen LogP contribution in [0, 0.1) is 17.1 Å². The lowest BCUT2D eigenvalue weighted by Crippen LogP contribution is -2.40. The number of carbonyl (C=O) groups excluding carboxylic acids is 2. The Balaban J connectivity index is 2.49. The summed E-state index contributed by atoms with van der Waals surface area (Å²) in [6, 6.07) is 4.15. The van der Waals surface area contributed by atoms with E-state index in [4.69, 9.17) is 10.4 Å². The van der Waals surface area contributed by atoms with Gasteiger partial charge in [0.2, 0.25) is 5.91 Å². The number of anilines is 1. The standard InChI is InChI=1S/C12H11FN4O4/c13-8-1-2-9(7(3-8)4-14)17-12(21)16-5-10(18)15-6-11(19)20/h1-3H,5-6H2,(H,15,18)(H,19,20)(H2,16,17,21). The first-order chi connectivity index (χ1) is 9.92. The zero-order chi connectivity index (χ0) is 15.8. The van der Waals surface area contributed by atoms with Crippen LogP contribution < -0.4 is 16.0 Å². The third-order valence-electron chi connectivity index (χ3n) is 2.20. The molecule has 0 aliphatic heterocycles. The van der Waals surface area contributed by atoms with Gasteiger partial charge in [-0.1, -0.05) is 0 Å². The molecule has 9 heteroatoms. The lowest BCUT2D eigenvalue weighted by atomic mass is 10.2. The third kappa shape index (κ3) is 5.56. The molecular formula is C12H11FN4O4. The van der Waals surface area contributed by atoms with Crippen LogP contribution in [-0.4, -0.2) is 36.1 Å². The number of halogens is 1. The zero-order valence-electron chi connectivity index (χ0n) is 10.6. The van der Waals surface area contributed by atoms with Gasteiger partial charge >= 0.3 is 12.0 Å². The number of nitriles is 1. The Morgan fingerprint density at radius 3 is 2.57 bits per heavy atom. The second-order valence-electron chi connectivity index (χ2n) is 3.78. The van der Waals surface area contributed by atoms with Crippen molar-refractivity contribution >= 4 is 23.6 Å². The van der Waals surface area contributed by atoms with Crippen LogP contribution in [0.4, 0.5) is 14.9 Å². The predicted octanol–water partition coefficient (Wildman–Crippen LogP) is 0.0197. The molecule has 0 saturated carbocycles. The van der Waals surface area contributed by atoms with Crippen LogP contribution in [0.5, 0.6) is 0 Å². The lowest BCUT2D eigenvalue weighted by Gasteiger charge is -2.08. The summed E-state index contributed by atoms with van der Waals surface area (Å²) in [6.07, 6.45) is 0. The number of rotatable bonds is 5. The molecule has 0 aliphatic rings. The van der Waals surface area contributed by atoms with Gasteiger partial charge in [0.15, 0.2) is 0 Å². The Kier molecular flexibility index (Phi) is 5.64. The summed E-state index contributed by atoms with van der Waals surface area (Å²) in [7, 11) is 0. The van der Waals surface area contributed by atoms with Crippen molar-refractivity contribution in [3.05, 3.63) is 29.6 Å². The normalized spacial score (nSPS) is 9.33. The van der Waals surface area contributed by atoms with E-state index < -0.39 is 36.8 Å². The van der Waals surface area contributed by atoms with E-state index in [1.807, 2.05) is 5.32 Å². The molecule has 0 aromatic heterocycles. The third-order valence-corrected chi connectivity index (χ3v) is 2.20. The molecule has 1 aromatic carbocycles. The van der Waals surface area contributed by atoms with Crippen molar-refractivity contribution < 1.29 is 23.9 Å². The van der Waals surface area contributed by atoms with Gasteiger partial charge in [-0.15, -0.1) is 0 Å². The van der Waals surface area contributed by atoms with Gasteiger partial charge in [-0.3, -0.25) is 9.59 Å². The van der Waals surface area contributed by atoms with Crippen LogP contribution >= 0.6 is 0 Å². The average molecular weight is 294 g/mol. The average Bonchev–Trinajstić information content (AvgIpc) is 2.44. The molecule has 0 aliphatic carbocycles. The van der Waals surface area contributed by atoms with E-state index in [0.29, 0.717) is 0 Å². The number of aliphatic carboxylic acids is 1. The van der Waals surface area contributed by atoms with Crippen LogP contribution in [0.15, 0.2) is 18.2 Å². The van der Waals surface area contributed by atoms with Crippen LogP contribution in [0.2, 0.25) is 0 Å². The number of nitrogens with one attached hydrogen (secondary N) is 3. The predicted molar refractivity (Wildman–Crippen MR) is 68.8 cm³/mol. The molecular weight excluding hydrogens is 283 g/mol. The van der Waals surface area contributed by atoms with Gasteiger partial charge in [0, 0.05) is 0 Å². The Labute approximate surface area is 118 Å². The van der Waals surface area contributed by atoms with Crippen molar-refractivity contribution in [2.45, 2.75) is 0 Å². The highest BCUT2D eigenvalue weighted by molar-refractivity contribution is 5.93. The van der Waals surface area contributed by atoms with E-state index in [9.17, 15) is 18.8 Å². The number of carbonyl (C=O) groups is 3. The SMILES string of the molecule is N#Cc1cc(F)ccc1NC(=O)NCC(=O)NCC(=O)O. The monoisotopic (exact) mass is 294 g/mol. The Hall–Kier alpha value is -3.15. The summed E-state index contributed by atoms with van der Waals surface area (Å²) in [5, 5.41) is 23.6. The van der Waals surface area contributed by atoms with Crippen molar-refractivity contribution in [3.63, 3.8) is 0 Å². The van der Waals surface area contributed by atoms with Crippen LogP contribution in [0.3, 0.4) is 0 Å². The van der Waals surface area contributed by atoms with Gasteiger partial charge in [0.1, 0.15) is 18.4 Å². The second kappa shape index (κ2) is 7.44. The largest absolute Gasteiger partial charge is 0.480 e. The van der Waals surface area contributed by atoms with Crippen LogP contribution in [0.25, 0.3) is 0 Å². The smallest absolute Gasteiger partial charge is 0.322 e. The highest BCUT2D eigenvalue weighted by atomic mass is 19.1. The fraction of sp³-hybridized carbons (Fsp3) is 0.167. The first kappa shape index (κ1) is 15.9. The summed E-state index contributed by atoms with van der Waals surface area (Å²) < 4.78 is 12.9. The minimum absolute atomic E-state index is 0.0690. The zero-order valence-corrected chi connectivity index (χ0v) is 10.6. The fourth-order valence-corrected chi connectivity index (χ4v) is 1.28. The number of urea groups is 1. The van der Waals surface area contributed by atoms with E-state index in [-0.39, 0.29) is 11.3 Å². The molecule has 110 valence electrons. The first-order valence-electron chi connectivity index (χ1n) is 5.65. The summed E-state index contributed by atoms with van der Waals surface area (Å²) in [5.41, 5.74) is 0.0165. The summed E-state index contributed by atoms with van der Waals surface area (Å²) in [5.74, 6) is -2.52. The van der Waals surface area contributed by atoms with Crippen molar-refractivity contribution in [1.82, 2.24) is 10.6 Å². The maximum Gasteiger partial charge on any atom is 0.322 e. The van der Waals surface area contributed by atoms with E-state index in [2.05, 4.69) is 10.6 Å². The number of hydrogen-bond donors (Lipinski definition) is 4. The van der Waals surface area contributed by atoms with Crippen LogP contribution in [-0.2, 0) is 9.59 Å². The maximum atomic E-state index is 12.9. The number of hydrogen-bond acceptors (Lipinski definition) is 4. The molecule has 21 heavy (non-hydrogen) atoms. The van der Waals surface area contributed by atoms with Crippen LogP contribution in [0.1, 0.15) is 5.56 Å². The van der Waals surface area contributed by atoms with Gasteiger partial charge in [0.25, 0.3) is 0 Å². The molecule has 1 aromatic rings. The molecule has 4 N–H and O–H groups in total. The summed E-state index contributed by atoms with van der Waals surface area (Å²) >= 11 is 0. The van der Waals surface area contributed by atoms with Crippen molar-refractivity contribution in [3.8, 4) is 6.07 Å². The summed E-state index contributed by atoms with van der Waals surface area (Å²) in [6.45, 7) is -0.999. The fourth-order valence-electron chi connectivity index (χ4n) is 1.28. The molecule has 0 unspecified atom stereocenters. The topological polar surface area (TPSA) is 131 Å². The quantitative estimate of drug-likeness (QED) is 0.608. The molecule has 8 nitrogen and oxygen atoms in total. The molecule has 0 radical (unpaired) electrons. The van der Waals surface area contributed by atoms with Gasteiger partial charge in [-0.2, -0.15) is 5.26 Å². The number of carboxylic acids is 1. The molecule has 0 spiro atoms. The van der Waals surface area contributed by atoms with E-state index in [0.717, 1.165) is 12.1 Å². The molecule has 0 saturated heterocycles. The molecule has 0 heterocycles. The van der Waals surface area contributed by atoms with Crippen molar-refractivity contribution in [2.24, 2.45) is 0 Å². The number of nitrogens with zero attached hydrogens (tertiary/aromatic N) is 1. The molecule has 1 rings (SSSR count). The Bertz CT molecular complexity index is 612. The van der Waals surface area contributed by atoms with Gasteiger partial charge < -0.3 is 21.1 Å². The summed E-state index contributed by atoms with van der Waals surface area (Å²) in [4.78, 5) is 32.8. The molecule has 0 atom stereocenters. The van der Waals surface area contributed by atoms with Crippen molar-refractivity contribution in [1.29, 1.82) is 5.26 Å². The lowest BCUT2D eigenvalue weighted by molar-refractivity contribution is -0.137. The Morgan fingerprint density at radius 2 is 1.95 bits per heavy atom. The highest BCUT2D eigenvalue weighted by Gasteiger charge is 2.09. The number of amides is 3.